The lowest BCUT2D eigenvalue weighted by Gasteiger charge is -2.14. The van der Waals surface area contributed by atoms with Crippen molar-refractivity contribution in [3.63, 3.8) is 0 Å². The topological polar surface area (TPSA) is 92.5 Å². The highest BCUT2D eigenvalue weighted by Gasteiger charge is 2.19. The minimum atomic E-state index is -0.328. The summed E-state index contributed by atoms with van der Waals surface area (Å²) < 4.78 is 1.61. The molecule has 6 heteroatoms. The van der Waals surface area contributed by atoms with Crippen molar-refractivity contribution in [1.82, 2.24) is 19.7 Å². The number of nitrogens with one attached hydrogen (secondary N) is 2. The van der Waals surface area contributed by atoms with Crippen LogP contribution in [0.25, 0.3) is 10.9 Å². The molecule has 110 valence electrons. The smallest absolute Gasteiger partial charge is 0.343 e. The van der Waals surface area contributed by atoms with Crippen LogP contribution in [-0.2, 0) is 6.42 Å². The highest BCUT2D eigenvalue weighted by molar-refractivity contribution is 5.83. The van der Waals surface area contributed by atoms with Crippen molar-refractivity contribution in [2.24, 2.45) is 5.73 Å². The van der Waals surface area contributed by atoms with E-state index in [2.05, 4.69) is 21.2 Å². The van der Waals surface area contributed by atoms with Gasteiger partial charge in [0.2, 0.25) is 0 Å². The van der Waals surface area contributed by atoms with Crippen molar-refractivity contribution >= 4 is 10.9 Å². The Morgan fingerprint density at radius 2 is 2.10 bits per heavy atom. The number of H-pyrrole nitrogens is 2. The largest absolute Gasteiger partial charge is 0.361 e. The lowest BCUT2D eigenvalue weighted by atomic mass is 10.0. The van der Waals surface area contributed by atoms with E-state index in [-0.39, 0.29) is 17.8 Å². The van der Waals surface area contributed by atoms with Gasteiger partial charge in [0, 0.05) is 23.1 Å². The second kappa shape index (κ2) is 5.21. The fraction of sp³-hybridized carbons (Fsp3) is 0.333. The van der Waals surface area contributed by atoms with E-state index in [0.717, 1.165) is 16.5 Å². The summed E-state index contributed by atoms with van der Waals surface area (Å²) in [6.07, 6.45) is 2.59. The zero-order valence-corrected chi connectivity index (χ0v) is 12.1. The molecule has 0 aliphatic rings. The number of nitrogens with zero attached hydrogens (tertiary/aromatic N) is 2. The maximum absolute atomic E-state index is 11.8. The van der Waals surface area contributed by atoms with Gasteiger partial charge in [-0.3, -0.25) is 4.57 Å². The first-order chi connectivity index (χ1) is 10.1. The average molecular weight is 285 g/mol. The molecule has 0 spiro atoms. The molecule has 1 atom stereocenters. The molecular formula is C15H19N5O. The first-order valence-electron chi connectivity index (χ1n) is 7.05. The average Bonchev–Trinajstić information content (AvgIpc) is 3.03. The molecule has 6 nitrogen and oxygen atoms in total. The molecule has 0 radical (unpaired) electrons. The maximum atomic E-state index is 11.8. The van der Waals surface area contributed by atoms with E-state index in [4.69, 9.17) is 5.73 Å². The van der Waals surface area contributed by atoms with Crippen molar-refractivity contribution in [1.29, 1.82) is 0 Å². The third kappa shape index (κ3) is 2.38. The van der Waals surface area contributed by atoms with Gasteiger partial charge in [0.05, 0.1) is 6.04 Å². The van der Waals surface area contributed by atoms with E-state index in [1.807, 2.05) is 38.2 Å². The van der Waals surface area contributed by atoms with E-state index >= 15 is 0 Å². The minimum Gasteiger partial charge on any atom is -0.361 e. The summed E-state index contributed by atoms with van der Waals surface area (Å²) in [5.74, 6) is 0.597. The molecule has 0 aliphatic carbocycles. The zero-order valence-electron chi connectivity index (χ0n) is 12.1. The number of aromatic amines is 2. The summed E-state index contributed by atoms with van der Waals surface area (Å²) in [5.41, 5.74) is 8.27. The maximum Gasteiger partial charge on any atom is 0.343 e. The number of nitrogens with two attached hydrogens (primary N) is 1. The van der Waals surface area contributed by atoms with Gasteiger partial charge in [-0.2, -0.15) is 5.10 Å². The van der Waals surface area contributed by atoms with E-state index < -0.39 is 0 Å². The fourth-order valence-corrected chi connectivity index (χ4v) is 2.71. The number of fused-ring (bicyclic) bond motifs is 1. The third-order valence-corrected chi connectivity index (χ3v) is 3.69. The van der Waals surface area contributed by atoms with Gasteiger partial charge in [-0.25, -0.2) is 9.89 Å². The Kier molecular flexibility index (Phi) is 3.39. The van der Waals surface area contributed by atoms with E-state index in [1.165, 1.54) is 0 Å². The Hall–Kier alpha value is -2.34. The molecule has 0 aliphatic heterocycles. The van der Waals surface area contributed by atoms with Crippen molar-refractivity contribution in [3.8, 4) is 0 Å². The van der Waals surface area contributed by atoms with Crippen molar-refractivity contribution in [2.45, 2.75) is 32.4 Å². The molecular weight excluding hydrogens is 266 g/mol. The quantitative estimate of drug-likeness (QED) is 0.683. The van der Waals surface area contributed by atoms with Crippen LogP contribution in [0.3, 0.4) is 0 Å². The molecule has 21 heavy (non-hydrogen) atoms. The molecule has 1 aromatic carbocycles. The molecule has 0 saturated heterocycles. The Morgan fingerprint density at radius 1 is 1.33 bits per heavy atom. The molecule has 0 fully saturated rings. The van der Waals surface area contributed by atoms with E-state index in [9.17, 15) is 4.79 Å². The number of rotatable bonds is 4. The van der Waals surface area contributed by atoms with Gasteiger partial charge in [0.15, 0.2) is 5.82 Å². The van der Waals surface area contributed by atoms with Crippen LogP contribution >= 0.6 is 0 Å². The Labute approximate surface area is 122 Å². The molecule has 0 unspecified atom stereocenters. The summed E-state index contributed by atoms with van der Waals surface area (Å²) in [6.45, 7) is 3.89. The van der Waals surface area contributed by atoms with E-state index in [1.54, 1.807) is 4.57 Å². The Morgan fingerprint density at radius 3 is 2.86 bits per heavy atom. The molecule has 0 bridgehead atoms. The van der Waals surface area contributed by atoms with Gasteiger partial charge >= 0.3 is 5.69 Å². The summed E-state index contributed by atoms with van der Waals surface area (Å²) >= 11 is 0. The minimum absolute atomic E-state index is 0.0280. The number of aromatic nitrogens is 4. The molecule has 2 heterocycles. The fourth-order valence-electron chi connectivity index (χ4n) is 2.71. The van der Waals surface area contributed by atoms with Crippen molar-refractivity contribution in [3.05, 3.63) is 52.3 Å². The van der Waals surface area contributed by atoms with Gasteiger partial charge in [0.1, 0.15) is 0 Å². The van der Waals surface area contributed by atoms with Crippen LogP contribution in [0.5, 0.6) is 0 Å². The van der Waals surface area contributed by atoms with Crippen LogP contribution in [0, 0.1) is 0 Å². The molecule has 0 saturated carbocycles. The molecule has 3 rings (SSSR count). The lowest BCUT2D eigenvalue weighted by molar-refractivity contribution is 0.517. The van der Waals surface area contributed by atoms with Crippen LogP contribution in [0.4, 0.5) is 0 Å². The summed E-state index contributed by atoms with van der Waals surface area (Å²) in [6, 6.07) is 7.79. The van der Waals surface area contributed by atoms with Crippen molar-refractivity contribution in [2.75, 3.05) is 0 Å². The summed E-state index contributed by atoms with van der Waals surface area (Å²) in [7, 11) is 0. The van der Waals surface area contributed by atoms with Crippen LogP contribution in [-0.4, -0.2) is 19.7 Å². The van der Waals surface area contributed by atoms with Gasteiger partial charge in [-0.05, 0) is 31.9 Å². The zero-order chi connectivity index (χ0) is 15.0. The first-order valence-corrected chi connectivity index (χ1v) is 7.05. The predicted octanol–water partition coefficient (Wildman–Crippen LogP) is 1.88. The molecule has 3 aromatic rings. The van der Waals surface area contributed by atoms with Crippen LogP contribution in [0.2, 0.25) is 0 Å². The number of benzene rings is 1. The van der Waals surface area contributed by atoms with Gasteiger partial charge in [-0.15, -0.1) is 0 Å². The molecule has 2 aromatic heterocycles. The van der Waals surface area contributed by atoms with Crippen LogP contribution < -0.4 is 11.4 Å². The normalized spacial score (nSPS) is 13.1. The number of hydrogen-bond donors (Lipinski definition) is 3. The van der Waals surface area contributed by atoms with Gasteiger partial charge < -0.3 is 10.7 Å². The van der Waals surface area contributed by atoms with Crippen molar-refractivity contribution < 1.29 is 0 Å². The predicted molar refractivity (Wildman–Crippen MR) is 82.2 cm³/mol. The van der Waals surface area contributed by atoms with Crippen LogP contribution in [0.1, 0.15) is 37.3 Å². The highest BCUT2D eigenvalue weighted by Crippen LogP contribution is 2.22. The second-order valence-corrected chi connectivity index (χ2v) is 5.52. The van der Waals surface area contributed by atoms with Gasteiger partial charge in [-0.1, -0.05) is 18.2 Å². The summed E-state index contributed by atoms with van der Waals surface area (Å²) in [5, 5.41) is 7.73. The monoisotopic (exact) mass is 285 g/mol. The summed E-state index contributed by atoms with van der Waals surface area (Å²) in [4.78, 5) is 15.0. The highest BCUT2D eigenvalue weighted by atomic mass is 16.1. The lowest BCUT2D eigenvalue weighted by Crippen LogP contribution is -2.25. The Bertz CT molecular complexity index is 811. The first kappa shape index (κ1) is 13.6. The van der Waals surface area contributed by atoms with Gasteiger partial charge in [0.25, 0.3) is 0 Å². The number of hydrogen-bond acceptors (Lipinski definition) is 3. The number of para-hydroxylation sites is 1. The molecule has 4 N–H and O–H groups in total. The third-order valence-electron chi connectivity index (χ3n) is 3.69. The standard InChI is InChI=1S/C15H19N5O/c1-9(2)20-14(18-19-15(20)21)12(16)7-10-8-17-13-6-4-3-5-11(10)13/h3-6,8-9,12,17H,7,16H2,1-2H3,(H,19,21)/t12-/m0/s1. The Balaban J connectivity index is 1.93. The SMILES string of the molecule is CC(C)n1c([C@@H](N)Cc2c[nH]c3ccccc23)n[nH]c1=O. The van der Waals surface area contributed by atoms with E-state index in [0.29, 0.717) is 12.2 Å². The second-order valence-electron chi connectivity index (χ2n) is 5.52. The van der Waals surface area contributed by atoms with Crippen LogP contribution in [0.15, 0.2) is 35.3 Å². The molecule has 0 amide bonds.